The molecule has 4 N–H and O–H groups in total. The topological polar surface area (TPSA) is 98.7 Å². The second kappa shape index (κ2) is 5.97. The minimum Gasteiger partial charge on any atom is -0.479 e. The Labute approximate surface area is 102 Å². The van der Waals surface area contributed by atoms with Crippen LogP contribution >= 0.6 is 0 Å². The number of carbonyl (C=O) groups is 2. The molecule has 0 heterocycles. The molecule has 0 unspecified atom stereocenters. The van der Waals surface area contributed by atoms with E-state index in [2.05, 4.69) is 10.6 Å². The molecule has 1 aromatic rings. The van der Waals surface area contributed by atoms with E-state index >= 15 is 0 Å². The Morgan fingerprint density at radius 1 is 1.44 bits per heavy atom. The molecule has 0 aliphatic rings. The lowest BCUT2D eigenvalue weighted by Crippen LogP contribution is -2.38. The molecule has 6 nitrogen and oxygen atoms in total. The zero-order valence-corrected chi connectivity index (χ0v) is 9.61. The third-order valence-corrected chi connectivity index (χ3v) is 2.18. The minimum atomic E-state index is -1.66. The first kappa shape index (κ1) is 13.9. The molecule has 0 aliphatic carbocycles. The van der Waals surface area contributed by atoms with Crippen LogP contribution in [-0.2, 0) is 4.79 Å². The molecular weight excluding hydrogens is 243 g/mol. The summed E-state index contributed by atoms with van der Waals surface area (Å²) in [6.45, 7) is 1.20. The highest BCUT2D eigenvalue weighted by atomic mass is 19.1. The molecule has 2 amide bonds. The minimum absolute atomic E-state index is 0.402. The van der Waals surface area contributed by atoms with E-state index in [1.807, 2.05) is 0 Å². The molecule has 0 bridgehead atoms. The number of benzene rings is 1. The van der Waals surface area contributed by atoms with E-state index < -0.39 is 30.5 Å². The number of carboxylic acid groups (broad SMARTS) is 1. The molecule has 0 radical (unpaired) electrons. The van der Waals surface area contributed by atoms with Crippen LogP contribution in [0, 0.1) is 12.7 Å². The Kier molecular flexibility index (Phi) is 4.61. The summed E-state index contributed by atoms with van der Waals surface area (Å²) < 4.78 is 12.8. The number of hydrogen-bond acceptors (Lipinski definition) is 3. The van der Waals surface area contributed by atoms with E-state index in [-0.39, 0.29) is 0 Å². The molecule has 7 heteroatoms. The van der Waals surface area contributed by atoms with Gasteiger partial charge in [-0.1, -0.05) is 0 Å². The number of aliphatic hydroxyl groups is 1. The van der Waals surface area contributed by atoms with E-state index in [9.17, 15) is 14.0 Å². The van der Waals surface area contributed by atoms with Crippen molar-refractivity contribution in [3.8, 4) is 0 Å². The first-order chi connectivity index (χ1) is 8.40. The van der Waals surface area contributed by atoms with Gasteiger partial charge in [0, 0.05) is 5.69 Å². The summed E-state index contributed by atoms with van der Waals surface area (Å²) in [6.07, 6.45) is -1.66. The quantitative estimate of drug-likeness (QED) is 0.637. The first-order valence-corrected chi connectivity index (χ1v) is 5.12. The molecule has 0 saturated carbocycles. The maximum atomic E-state index is 12.8. The fraction of sp³-hybridized carbons (Fsp3) is 0.273. The number of halogens is 1. The van der Waals surface area contributed by atoms with Crippen LogP contribution in [0.2, 0.25) is 0 Å². The van der Waals surface area contributed by atoms with Crippen LogP contribution < -0.4 is 10.6 Å². The Balaban J connectivity index is 2.52. The number of nitrogens with one attached hydrogen (secondary N) is 2. The second-order valence-electron chi connectivity index (χ2n) is 3.65. The van der Waals surface area contributed by atoms with Crippen LogP contribution in [0.3, 0.4) is 0 Å². The summed E-state index contributed by atoms with van der Waals surface area (Å²) >= 11 is 0. The highest BCUT2D eigenvalue weighted by Crippen LogP contribution is 2.15. The van der Waals surface area contributed by atoms with Gasteiger partial charge >= 0.3 is 12.0 Å². The zero-order valence-electron chi connectivity index (χ0n) is 9.61. The van der Waals surface area contributed by atoms with Crippen molar-refractivity contribution < 1.29 is 24.2 Å². The fourth-order valence-corrected chi connectivity index (χ4v) is 1.21. The van der Waals surface area contributed by atoms with Gasteiger partial charge in [0.1, 0.15) is 5.82 Å². The predicted molar refractivity (Wildman–Crippen MR) is 61.8 cm³/mol. The van der Waals surface area contributed by atoms with Gasteiger partial charge in [-0.2, -0.15) is 0 Å². The molecule has 0 fully saturated rings. The molecule has 1 rings (SSSR count). The Bertz CT molecular complexity index is 464. The van der Waals surface area contributed by atoms with Crippen molar-refractivity contribution in [1.29, 1.82) is 0 Å². The smallest absolute Gasteiger partial charge is 0.334 e. The summed E-state index contributed by atoms with van der Waals surface area (Å²) in [4.78, 5) is 21.7. The fourth-order valence-electron chi connectivity index (χ4n) is 1.21. The molecular formula is C11H13FN2O4. The third-order valence-electron chi connectivity index (χ3n) is 2.18. The van der Waals surface area contributed by atoms with Crippen LogP contribution in [0.5, 0.6) is 0 Å². The lowest BCUT2D eigenvalue weighted by Gasteiger charge is -2.11. The van der Waals surface area contributed by atoms with E-state index in [0.29, 0.717) is 11.3 Å². The largest absolute Gasteiger partial charge is 0.479 e. The number of urea groups is 1. The van der Waals surface area contributed by atoms with Crippen LogP contribution in [0.4, 0.5) is 14.9 Å². The summed E-state index contributed by atoms with van der Waals surface area (Å²) in [5, 5.41) is 21.9. The van der Waals surface area contributed by atoms with Crippen molar-refractivity contribution in [3.63, 3.8) is 0 Å². The monoisotopic (exact) mass is 256 g/mol. The SMILES string of the molecule is Cc1cc(F)ccc1NC(=O)NC[C@H](O)C(=O)O. The number of carboxylic acids is 1. The molecule has 0 aromatic heterocycles. The van der Waals surface area contributed by atoms with Gasteiger partial charge in [0.05, 0.1) is 6.54 Å². The Hall–Kier alpha value is -2.15. The number of amides is 2. The molecule has 0 saturated heterocycles. The average molecular weight is 256 g/mol. The maximum absolute atomic E-state index is 12.8. The van der Waals surface area contributed by atoms with Gasteiger partial charge in [-0.3, -0.25) is 0 Å². The van der Waals surface area contributed by atoms with Crippen LogP contribution in [0.25, 0.3) is 0 Å². The number of aryl methyl sites for hydroxylation is 1. The number of aliphatic carboxylic acids is 1. The van der Waals surface area contributed by atoms with E-state index in [1.165, 1.54) is 18.2 Å². The Morgan fingerprint density at radius 2 is 2.11 bits per heavy atom. The molecule has 1 aromatic carbocycles. The summed E-state index contributed by atoms with van der Waals surface area (Å²) in [6, 6.07) is 3.15. The van der Waals surface area contributed by atoms with Gasteiger partial charge in [0.15, 0.2) is 6.10 Å². The van der Waals surface area contributed by atoms with E-state index in [0.717, 1.165) is 0 Å². The number of rotatable bonds is 4. The van der Waals surface area contributed by atoms with Crippen molar-refractivity contribution in [1.82, 2.24) is 5.32 Å². The zero-order chi connectivity index (χ0) is 13.7. The summed E-state index contributed by atoms with van der Waals surface area (Å²) in [5.74, 6) is -1.84. The third kappa shape index (κ3) is 4.02. The van der Waals surface area contributed by atoms with E-state index in [4.69, 9.17) is 10.2 Å². The predicted octanol–water partition coefficient (Wildman–Crippen LogP) is 0.701. The van der Waals surface area contributed by atoms with Crippen molar-refractivity contribution >= 4 is 17.7 Å². The molecule has 98 valence electrons. The van der Waals surface area contributed by atoms with Crippen molar-refractivity contribution in [3.05, 3.63) is 29.6 Å². The van der Waals surface area contributed by atoms with Crippen molar-refractivity contribution in [2.75, 3.05) is 11.9 Å². The maximum Gasteiger partial charge on any atom is 0.334 e. The van der Waals surface area contributed by atoms with Gasteiger partial charge in [0.2, 0.25) is 0 Å². The van der Waals surface area contributed by atoms with E-state index in [1.54, 1.807) is 6.92 Å². The molecule has 0 aliphatic heterocycles. The summed E-state index contributed by atoms with van der Waals surface area (Å²) in [7, 11) is 0. The van der Waals surface area contributed by atoms with Gasteiger partial charge in [-0.05, 0) is 30.7 Å². The lowest BCUT2D eigenvalue weighted by atomic mass is 10.2. The summed E-state index contributed by atoms with van der Waals surface area (Å²) in [5.41, 5.74) is 0.933. The van der Waals surface area contributed by atoms with Gasteiger partial charge in [-0.15, -0.1) is 0 Å². The number of anilines is 1. The standard InChI is InChI=1S/C11H13FN2O4/c1-6-4-7(12)2-3-8(6)14-11(18)13-5-9(15)10(16)17/h2-4,9,15H,5H2,1H3,(H,16,17)(H2,13,14,18)/t9-/m0/s1. The van der Waals surface area contributed by atoms with Crippen molar-refractivity contribution in [2.24, 2.45) is 0 Å². The highest BCUT2D eigenvalue weighted by Gasteiger charge is 2.14. The number of carbonyl (C=O) groups excluding carboxylic acids is 1. The van der Waals surface area contributed by atoms with Crippen LogP contribution in [0.1, 0.15) is 5.56 Å². The first-order valence-electron chi connectivity index (χ1n) is 5.12. The molecule has 0 spiro atoms. The van der Waals surface area contributed by atoms with Gasteiger partial charge < -0.3 is 20.8 Å². The van der Waals surface area contributed by atoms with Gasteiger partial charge in [-0.25, -0.2) is 14.0 Å². The molecule has 18 heavy (non-hydrogen) atoms. The molecule has 1 atom stereocenters. The number of hydrogen-bond donors (Lipinski definition) is 4. The van der Waals surface area contributed by atoms with Crippen LogP contribution in [0.15, 0.2) is 18.2 Å². The Morgan fingerprint density at radius 3 is 2.67 bits per heavy atom. The number of aliphatic hydroxyl groups excluding tert-OH is 1. The lowest BCUT2D eigenvalue weighted by molar-refractivity contribution is -0.146. The average Bonchev–Trinajstić information content (AvgIpc) is 2.29. The highest BCUT2D eigenvalue weighted by molar-refractivity contribution is 5.90. The second-order valence-corrected chi connectivity index (χ2v) is 3.65. The van der Waals surface area contributed by atoms with Crippen molar-refractivity contribution in [2.45, 2.75) is 13.0 Å². The normalized spacial score (nSPS) is 11.7. The van der Waals surface area contributed by atoms with Crippen LogP contribution in [-0.4, -0.2) is 34.9 Å². The van der Waals surface area contributed by atoms with Gasteiger partial charge in [0.25, 0.3) is 0 Å².